The topological polar surface area (TPSA) is 63.2 Å². The lowest BCUT2D eigenvalue weighted by Crippen LogP contribution is -2.27. The highest BCUT2D eigenvalue weighted by atomic mass is 16.6. The summed E-state index contributed by atoms with van der Waals surface area (Å²) in [5.74, 6) is 0.457. The Labute approximate surface area is 149 Å². The highest BCUT2D eigenvalue weighted by Crippen LogP contribution is 2.23. The lowest BCUT2D eigenvalue weighted by molar-refractivity contribution is 0.0635. The fourth-order valence-electron chi connectivity index (χ4n) is 2.60. The predicted molar refractivity (Wildman–Crippen MR) is 102 cm³/mol. The molecule has 0 saturated carbocycles. The average molecular weight is 341 g/mol. The Morgan fingerprint density at radius 1 is 1.16 bits per heavy atom. The Morgan fingerprint density at radius 3 is 2.44 bits per heavy atom. The average Bonchev–Trinajstić information content (AvgIpc) is 2.47. The van der Waals surface area contributed by atoms with E-state index in [0.717, 1.165) is 5.69 Å². The van der Waals surface area contributed by atoms with Crippen LogP contribution in [0.3, 0.4) is 0 Å². The van der Waals surface area contributed by atoms with Crippen LogP contribution in [0.2, 0.25) is 0 Å². The number of nitrogens with one attached hydrogen (secondary N) is 2. The third-order valence-corrected chi connectivity index (χ3v) is 3.67. The van der Waals surface area contributed by atoms with Crippen molar-refractivity contribution in [1.29, 1.82) is 0 Å². The van der Waals surface area contributed by atoms with Gasteiger partial charge >= 0.3 is 6.09 Å². The first-order valence-corrected chi connectivity index (χ1v) is 8.44. The number of pyridine rings is 1. The molecule has 0 aliphatic carbocycles. The number of nitrogens with zero attached hydrogens (tertiary/aromatic N) is 1. The molecule has 0 spiro atoms. The summed E-state index contributed by atoms with van der Waals surface area (Å²) < 4.78 is 5.21. The maximum atomic E-state index is 11.8. The van der Waals surface area contributed by atoms with Crippen LogP contribution < -0.4 is 10.6 Å². The van der Waals surface area contributed by atoms with E-state index in [1.165, 1.54) is 16.7 Å². The SMILES string of the molecule is Cc1ccc(C(C)Nc2ccc(NC(=O)OC(C)(C)C)nc2)c(C)c1. The highest BCUT2D eigenvalue weighted by molar-refractivity contribution is 5.83. The van der Waals surface area contributed by atoms with Crippen molar-refractivity contribution in [3.63, 3.8) is 0 Å². The minimum atomic E-state index is -0.535. The van der Waals surface area contributed by atoms with E-state index < -0.39 is 11.7 Å². The molecule has 5 nitrogen and oxygen atoms in total. The minimum absolute atomic E-state index is 0.159. The number of benzene rings is 1. The standard InChI is InChI=1S/C20H27N3O2/c1-13-7-9-17(14(2)11-13)15(3)22-16-8-10-18(21-12-16)23-19(24)25-20(4,5)6/h7-12,15,22H,1-6H3,(H,21,23,24). The molecule has 0 bridgehead atoms. The fraction of sp³-hybridized carbons (Fsp3) is 0.400. The summed E-state index contributed by atoms with van der Waals surface area (Å²) in [6.45, 7) is 11.8. The van der Waals surface area contributed by atoms with Gasteiger partial charge in [0.15, 0.2) is 0 Å². The van der Waals surface area contributed by atoms with Crippen molar-refractivity contribution in [3.05, 3.63) is 53.2 Å². The molecule has 1 atom stereocenters. The molecular weight excluding hydrogens is 314 g/mol. The van der Waals surface area contributed by atoms with Crippen molar-refractivity contribution < 1.29 is 9.53 Å². The molecule has 2 N–H and O–H groups in total. The second-order valence-corrected chi connectivity index (χ2v) is 7.29. The molecular formula is C20H27N3O2. The second kappa shape index (κ2) is 7.55. The van der Waals surface area contributed by atoms with Crippen LogP contribution in [-0.2, 0) is 4.74 Å². The number of ether oxygens (including phenoxy) is 1. The number of hydrogen-bond acceptors (Lipinski definition) is 4. The van der Waals surface area contributed by atoms with Crippen molar-refractivity contribution >= 4 is 17.6 Å². The summed E-state index contributed by atoms with van der Waals surface area (Å²) in [7, 11) is 0. The normalized spacial score (nSPS) is 12.4. The molecule has 1 amide bonds. The van der Waals surface area contributed by atoms with E-state index >= 15 is 0 Å². The zero-order chi connectivity index (χ0) is 18.6. The van der Waals surface area contributed by atoms with E-state index in [1.807, 2.05) is 26.8 Å². The van der Waals surface area contributed by atoms with Crippen molar-refractivity contribution in [2.24, 2.45) is 0 Å². The third kappa shape index (κ3) is 5.78. The largest absolute Gasteiger partial charge is 0.444 e. The van der Waals surface area contributed by atoms with Crippen molar-refractivity contribution in [2.45, 2.75) is 53.2 Å². The van der Waals surface area contributed by atoms with E-state index in [2.05, 4.69) is 54.6 Å². The summed E-state index contributed by atoms with van der Waals surface area (Å²) in [4.78, 5) is 16.0. The second-order valence-electron chi connectivity index (χ2n) is 7.29. The molecule has 1 aromatic carbocycles. The van der Waals surface area contributed by atoms with E-state index in [0.29, 0.717) is 5.82 Å². The van der Waals surface area contributed by atoms with Gasteiger partial charge in [0.25, 0.3) is 0 Å². The van der Waals surface area contributed by atoms with E-state index in [9.17, 15) is 4.79 Å². The molecule has 1 unspecified atom stereocenters. The number of carbonyl (C=O) groups excluding carboxylic acids is 1. The first-order chi connectivity index (χ1) is 11.6. The molecule has 1 heterocycles. The number of hydrogen-bond donors (Lipinski definition) is 2. The van der Waals surface area contributed by atoms with Gasteiger partial charge in [-0.3, -0.25) is 5.32 Å². The van der Waals surface area contributed by atoms with Crippen molar-refractivity contribution in [2.75, 3.05) is 10.6 Å². The lowest BCUT2D eigenvalue weighted by Gasteiger charge is -2.20. The van der Waals surface area contributed by atoms with Crippen molar-refractivity contribution in [1.82, 2.24) is 4.98 Å². The summed E-state index contributed by atoms with van der Waals surface area (Å²) >= 11 is 0. The first-order valence-electron chi connectivity index (χ1n) is 8.44. The van der Waals surface area contributed by atoms with Gasteiger partial charge in [-0.15, -0.1) is 0 Å². The van der Waals surface area contributed by atoms with Crippen LogP contribution in [-0.4, -0.2) is 16.7 Å². The van der Waals surface area contributed by atoms with Gasteiger partial charge in [-0.25, -0.2) is 9.78 Å². The third-order valence-electron chi connectivity index (χ3n) is 3.67. The molecule has 0 saturated heterocycles. The Bertz CT molecular complexity index is 734. The predicted octanol–water partition coefficient (Wildman–Crippen LogP) is 5.22. The molecule has 134 valence electrons. The van der Waals surface area contributed by atoms with Gasteiger partial charge in [0, 0.05) is 6.04 Å². The van der Waals surface area contributed by atoms with E-state index in [1.54, 1.807) is 12.3 Å². The Balaban J connectivity index is 1.99. The number of aryl methyl sites for hydroxylation is 2. The number of rotatable bonds is 4. The number of amides is 1. The quantitative estimate of drug-likeness (QED) is 0.800. The smallest absolute Gasteiger partial charge is 0.413 e. The van der Waals surface area contributed by atoms with Crippen LogP contribution in [0.15, 0.2) is 36.5 Å². The molecule has 0 radical (unpaired) electrons. The van der Waals surface area contributed by atoms with Crippen LogP contribution in [0, 0.1) is 13.8 Å². The number of anilines is 2. The minimum Gasteiger partial charge on any atom is -0.444 e. The molecule has 25 heavy (non-hydrogen) atoms. The van der Waals surface area contributed by atoms with Crippen LogP contribution in [0.4, 0.5) is 16.3 Å². The van der Waals surface area contributed by atoms with Crippen LogP contribution >= 0.6 is 0 Å². The number of carbonyl (C=O) groups is 1. The molecule has 0 fully saturated rings. The Kier molecular flexibility index (Phi) is 5.67. The summed E-state index contributed by atoms with van der Waals surface area (Å²) in [6.07, 6.45) is 1.19. The van der Waals surface area contributed by atoms with E-state index in [4.69, 9.17) is 4.74 Å². The molecule has 2 rings (SSSR count). The monoisotopic (exact) mass is 341 g/mol. The zero-order valence-corrected chi connectivity index (χ0v) is 15.8. The summed E-state index contributed by atoms with van der Waals surface area (Å²) in [6, 6.07) is 10.2. The first kappa shape index (κ1) is 18.8. The molecule has 0 aliphatic heterocycles. The lowest BCUT2D eigenvalue weighted by atomic mass is 10.0. The summed E-state index contributed by atoms with van der Waals surface area (Å²) in [5, 5.41) is 6.06. The van der Waals surface area contributed by atoms with Gasteiger partial charge in [-0.05, 0) is 64.8 Å². The molecule has 5 heteroatoms. The highest BCUT2D eigenvalue weighted by Gasteiger charge is 2.16. The molecule has 2 aromatic rings. The van der Waals surface area contributed by atoms with Gasteiger partial charge < -0.3 is 10.1 Å². The molecule has 0 aliphatic rings. The van der Waals surface area contributed by atoms with Crippen LogP contribution in [0.25, 0.3) is 0 Å². The van der Waals surface area contributed by atoms with Crippen LogP contribution in [0.1, 0.15) is 50.4 Å². The summed E-state index contributed by atoms with van der Waals surface area (Å²) in [5.41, 5.74) is 4.13. The van der Waals surface area contributed by atoms with Gasteiger partial charge in [0.2, 0.25) is 0 Å². The zero-order valence-electron chi connectivity index (χ0n) is 15.8. The van der Waals surface area contributed by atoms with Gasteiger partial charge in [-0.2, -0.15) is 0 Å². The fourth-order valence-corrected chi connectivity index (χ4v) is 2.60. The van der Waals surface area contributed by atoms with Crippen LogP contribution in [0.5, 0.6) is 0 Å². The van der Waals surface area contributed by atoms with Gasteiger partial charge in [0.05, 0.1) is 11.9 Å². The van der Waals surface area contributed by atoms with Gasteiger partial charge in [-0.1, -0.05) is 23.8 Å². The van der Waals surface area contributed by atoms with E-state index in [-0.39, 0.29) is 6.04 Å². The molecule has 1 aromatic heterocycles. The number of aromatic nitrogens is 1. The Hall–Kier alpha value is -2.56. The maximum Gasteiger partial charge on any atom is 0.413 e. The van der Waals surface area contributed by atoms with Crippen molar-refractivity contribution in [3.8, 4) is 0 Å². The Morgan fingerprint density at radius 2 is 1.88 bits per heavy atom. The van der Waals surface area contributed by atoms with Gasteiger partial charge in [0.1, 0.15) is 11.4 Å². The maximum absolute atomic E-state index is 11.8.